The first kappa shape index (κ1) is 21.0. The lowest BCUT2D eigenvalue weighted by atomic mass is 9.92. The highest BCUT2D eigenvalue weighted by atomic mass is 16.5. The van der Waals surface area contributed by atoms with E-state index in [0.29, 0.717) is 32.7 Å². The minimum atomic E-state index is -0.126. The molecule has 2 aliphatic heterocycles. The lowest BCUT2D eigenvalue weighted by Crippen LogP contribution is -2.40. The third-order valence-corrected chi connectivity index (χ3v) is 6.61. The van der Waals surface area contributed by atoms with Crippen LogP contribution in [0.1, 0.15) is 68.3 Å². The molecule has 8 nitrogen and oxygen atoms in total. The number of aromatic nitrogens is 2. The third kappa shape index (κ3) is 4.91. The summed E-state index contributed by atoms with van der Waals surface area (Å²) in [6.45, 7) is 3.27. The molecule has 4 rings (SSSR count). The number of hydrogen-bond donors (Lipinski definition) is 1. The topological polar surface area (TPSA) is 95.6 Å². The number of piperidine rings is 2. The quantitative estimate of drug-likeness (QED) is 0.760. The molecule has 8 heteroatoms. The standard InChI is InChI=1S/C22H32N4O4/c1-30-12-8-20(28)25-10-6-15(7-11-25)21-23-18(13-19(27)24-21)17-3-2-9-26(14-17)22(29)16-4-5-16/h13,15-17H,2-12,14H2,1H3,(H,23,24,27)/t17-/m1/s1. The average molecular weight is 417 g/mol. The van der Waals surface area contributed by atoms with E-state index in [-0.39, 0.29) is 35.1 Å². The van der Waals surface area contributed by atoms with Crippen LogP contribution in [0.25, 0.3) is 0 Å². The molecule has 30 heavy (non-hydrogen) atoms. The number of amides is 2. The molecule has 1 aliphatic carbocycles. The number of carbonyl (C=O) groups is 2. The van der Waals surface area contributed by atoms with Crippen molar-refractivity contribution in [3.8, 4) is 0 Å². The Morgan fingerprint density at radius 3 is 2.57 bits per heavy atom. The molecular weight excluding hydrogens is 384 g/mol. The second kappa shape index (κ2) is 9.29. The van der Waals surface area contributed by atoms with Crippen molar-refractivity contribution < 1.29 is 14.3 Å². The van der Waals surface area contributed by atoms with E-state index in [2.05, 4.69) is 4.98 Å². The van der Waals surface area contributed by atoms with Crippen molar-refractivity contribution in [2.45, 2.75) is 56.8 Å². The van der Waals surface area contributed by atoms with Gasteiger partial charge in [-0.1, -0.05) is 0 Å². The monoisotopic (exact) mass is 416 g/mol. The fourth-order valence-electron chi connectivity index (χ4n) is 4.66. The molecule has 0 bridgehead atoms. The summed E-state index contributed by atoms with van der Waals surface area (Å²) in [6, 6.07) is 1.60. The van der Waals surface area contributed by atoms with Crippen molar-refractivity contribution in [3.63, 3.8) is 0 Å². The molecule has 164 valence electrons. The van der Waals surface area contributed by atoms with Crippen LogP contribution in [0.4, 0.5) is 0 Å². The molecule has 2 amide bonds. The van der Waals surface area contributed by atoms with Crippen LogP contribution in [0.15, 0.2) is 10.9 Å². The van der Waals surface area contributed by atoms with Crippen molar-refractivity contribution in [2.24, 2.45) is 5.92 Å². The first-order valence-electron chi connectivity index (χ1n) is 11.2. The van der Waals surface area contributed by atoms with E-state index in [9.17, 15) is 14.4 Å². The maximum atomic E-state index is 12.5. The van der Waals surface area contributed by atoms with Crippen LogP contribution in [0, 0.1) is 5.92 Å². The summed E-state index contributed by atoms with van der Waals surface area (Å²) >= 11 is 0. The van der Waals surface area contributed by atoms with Crippen molar-refractivity contribution in [1.82, 2.24) is 19.8 Å². The van der Waals surface area contributed by atoms with Gasteiger partial charge in [-0.25, -0.2) is 4.98 Å². The van der Waals surface area contributed by atoms with Gasteiger partial charge in [-0.3, -0.25) is 14.4 Å². The number of nitrogens with zero attached hydrogens (tertiary/aromatic N) is 3. The van der Waals surface area contributed by atoms with E-state index in [1.807, 2.05) is 9.80 Å². The van der Waals surface area contributed by atoms with Crippen LogP contribution in [0.2, 0.25) is 0 Å². The minimum absolute atomic E-state index is 0.119. The summed E-state index contributed by atoms with van der Waals surface area (Å²) in [5, 5.41) is 0. The van der Waals surface area contributed by atoms with Crippen LogP contribution >= 0.6 is 0 Å². The molecule has 0 spiro atoms. The Balaban J connectivity index is 1.40. The molecule has 3 fully saturated rings. The number of nitrogens with one attached hydrogen (secondary N) is 1. The number of hydrogen-bond acceptors (Lipinski definition) is 5. The van der Waals surface area contributed by atoms with Crippen LogP contribution < -0.4 is 5.56 Å². The van der Waals surface area contributed by atoms with Gasteiger partial charge in [0, 0.05) is 57.1 Å². The van der Waals surface area contributed by atoms with E-state index in [1.165, 1.54) is 0 Å². The molecule has 2 saturated heterocycles. The lowest BCUT2D eigenvalue weighted by Gasteiger charge is -2.34. The van der Waals surface area contributed by atoms with Gasteiger partial charge in [0.05, 0.1) is 18.7 Å². The summed E-state index contributed by atoms with van der Waals surface area (Å²) < 4.78 is 4.99. The predicted octanol–water partition coefficient (Wildman–Crippen LogP) is 1.63. The molecule has 1 N–H and O–H groups in total. The van der Waals surface area contributed by atoms with Gasteiger partial charge in [-0.15, -0.1) is 0 Å². The first-order chi connectivity index (χ1) is 14.5. The fourth-order valence-corrected chi connectivity index (χ4v) is 4.66. The van der Waals surface area contributed by atoms with Crippen LogP contribution in [0.5, 0.6) is 0 Å². The summed E-state index contributed by atoms with van der Waals surface area (Å²) in [6.07, 6.45) is 5.93. The molecule has 3 aliphatic rings. The van der Waals surface area contributed by atoms with Gasteiger partial charge in [0.25, 0.3) is 5.56 Å². The maximum absolute atomic E-state index is 12.5. The summed E-state index contributed by atoms with van der Waals surface area (Å²) in [4.78, 5) is 48.6. The molecule has 0 aromatic carbocycles. The highest BCUT2D eigenvalue weighted by molar-refractivity contribution is 5.81. The molecule has 0 unspecified atom stereocenters. The van der Waals surface area contributed by atoms with Crippen molar-refractivity contribution in [1.29, 1.82) is 0 Å². The molecular formula is C22H32N4O4. The van der Waals surface area contributed by atoms with Gasteiger partial charge in [-0.05, 0) is 38.5 Å². The van der Waals surface area contributed by atoms with Crippen LogP contribution in [-0.2, 0) is 14.3 Å². The Morgan fingerprint density at radius 1 is 1.10 bits per heavy atom. The van der Waals surface area contributed by atoms with Gasteiger partial charge in [0.2, 0.25) is 11.8 Å². The molecule has 3 heterocycles. The van der Waals surface area contributed by atoms with Crippen LogP contribution in [0.3, 0.4) is 0 Å². The Kier molecular flexibility index (Phi) is 6.51. The SMILES string of the molecule is COCCC(=O)N1CCC(c2nc([C@@H]3CCCN(C(=O)C4CC4)C3)cc(=O)[nH]2)CC1. The van der Waals surface area contributed by atoms with Crippen LogP contribution in [-0.4, -0.2) is 71.5 Å². The van der Waals surface area contributed by atoms with Crippen molar-refractivity contribution in [3.05, 3.63) is 27.9 Å². The van der Waals surface area contributed by atoms with E-state index in [0.717, 1.165) is 56.6 Å². The second-order valence-corrected chi connectivity index (χ2v) is 8.85. The van der Waals surface area contributed by atoms with Crippen molar-refractivity contribution in [2.75, 3.05) is 39.9 Å². The first-order valence-corrected chi connectivity index (χ1v) is 11.2. The fraction of sp³-hybridized carbons (Fsp3) is 0.727. The number of ether oxygens (including phenoxy) is 1. The average Bonchev–Trinajstić information content (AvgIpc) is 3.62. The highest BCUT2D eigenvalue weighted by Gasteiger charge is 2.36. The second-order valence-electron chi connectivity index (χ2n) is 8.85. The van der Waals surface area contributed by atoms with Gasteiger partial charge >= 0.3 is 0 Å². The number of rotatable bonds is 6. The van der Waals surface area contributed by atoms with Crippen molar-refractivity contribution >= 4 is 11.8 Å². The molecule has 1 atom stereocenters. The highest BCUT2D eigenvalue weighted by Crippen LogP contribution is 2.34. The largest absolute Gasteiger partial charge is 0.384 e. The number of likely N-dealkylation sites (tertiary alicyclic amines) is 2. The van der Waals surface area contributed by atoms with Gasteiger partial charge in [0.15, 0.2) is 0 Å². The Hall–Kier alpha value is -2.22. The molecule has 1 aromatic rings. The van der Waals surface area contributed by atoms with E-state index in [1.54, 1.807) is 13.2 Å². The molecule has 1 saturated carbocycles. The zero-order valence-electron chi connectivity index (χ0n) is 17.8. The van der Waals surface area contributed by atoms with E-state index < -0.39 is 0 Å². The minimum Gasteiger partial charge on any atom is -0.384 e. The van der Waals surface area contributed by atoms with E-state index in [4.69, 9.17) is 9.72 Å². The summed E-state index contributed by atoms with van der Waals surface area (Å²) in [5.74, 6) is 1.62. The maximum Gasteiger partial charge on any atom is 0.251 e. The zero-order valence-corrected chi connectivity index (χ0v) is 17.8. The predicted molar refractivity (Wildman–Crippen MR) is 111 cm³/mol. The number of methoxy groups -OCH3 is 1. The number of H-pyrrole nitrogens is 1. The smallest absolute Gasteiger partial charge is 0.251 e. The summed E-state index contributed by atoms with van der Waals surface area (Å²) in [7, 11) is 1.60. The van der Waals surface area contributed by atoms with Gasteiger partial charge in [0.1, 0.15) is 5.82 Å². The summed E-state index contributed by atoms with van der Waals surface area (Å²) in [5.41, 5.74) is 0.680. The third-order valence-electron chi connectivity index (χ3n) is 6.61. The Morgan fingerprint density at radius 2 is 1.87 bits per heavy atom. The lowest BCUT2D eigenvalue weighted by molar-refractivity contribution is -0.134. The Bertz CT molecular complexity index is 827. The van der Waals surface area contributed by atoms with Gasteiger partial charge in [-0.2, -0.15) is 0 Å². The Labute approximate surface area is 177 Å². The number of carbonyl (C=O) groups excluding carboxylic acids is 2. The number of aromatic amines is 1. The normalized spacial score (nSPS) is 22.9. The molecule has 0 radical (unpaired) electrons. The molecule has 1 aromatic heterocycles. The zero-order chi connectivity index (χ0) is 21.1. The van der Waals surface area contributed by atoms with E-state index >= 15 is 0 Å². The van der Waals surface area contributed by atoms with Gasteiger partial charge < -0.3 is 19.5 Å².